The van der Waals surface area contributed by atoms with Gasteiger partial charge in [-0.2, -0.15) is 5.48 Å². The molecule has 0 bridgehead atoms. The molecule has 3 rings (SSSR count). The van der Waals surface area contributed by atoms with Crippen LogP contribution in [-0.2, 0) is 0 Å². The molecule has 0 amide bonds. The van der Waals surface area contributed by atoms with Gasteiger partial charge in [0.2, 0.25) is 0 Å². The number of aromatic nitrogens is 1. The maximum absolute atomic E-state index is 12.5. The van der Waals surface area contributed by atoms with Crippen molar-refractivity contribution in [3.05, 3.63) is 95.3 Å². The van der Waals surface area contributed by atoms with Gasteiger partial charge < -0.3 is 4.84 Å². The zero-order valence-electron chi connectivity index (χ0n) is 14.6. The molecule has 0 radical (unpaired) electrons. The Kier molecular flexibility index (Phi) is 5.91. The third-order valence-electron chi connectivity index (χ3n) is 3.75. The SMILES string of the molecule is CCNOc1ccc(C(=O)c2ccc(/C=C/c3ccccc3)nc2)cc1. The Hall–Kier alpha value is -3.24. The normalized spacial score (nSPS) is 10.8. The largest absolute Gasteiger partial charge is 0.409 e. The molecule has 0 unspecified atom stereocenters. The van der Waals surface area contributed by atoms with E-state index in [9.17, 15) is 4.79 Å². The zero-order valence-corrected chi connectivity index (χ0v) is 14.6. The van der Waals surface area contributed by atoms with E-state index in [1.54, 1.807) is 36.5 Å². The molecule has 3 aromatic rings. The summed E-state index contributed by atoms with van der Waals surface area (Å²) in [5.74, 6) is 0.606. The highest BCUT2D eigenvalue weighted by Gasteiger charge is 2.09. The minimum absolute atomic E-state index is 0.0638. The first-order valence-corrected chi connectivity index (χ1v) is 8.50. The molecule has 4 nitrogen and oxygen atoms in total. The van der Waals surface area contributed by atoms with Gasteiger partial charge in [-0.15, -0.1) is 0 Å². The smallest absolute Gasteiger partial charge is 0.194 e. The fourth-order valence-electron chi connectivity index (χ4n) is 2.38. The first-order valence-electron chi connectivity index (χ1n) is 8.50. The summed E-state index contributed by atoms with van der Waals surface area (Å²) in [5.41, 5.74) is 5.84. The van der Waals surface area contributed by atoms with E-state index in [1.165, 1.54) is 0 Å². The van der Waals surface area contributed by atoms with Gasteiger partial charge in [-0.05, 0) is 55.0 Å². The van der Waals surface area contributed by atoms with Crippen molar-refractivity contribution in [3.8, 4) is 5.75 Å². The van der Waals surface area contributed by atoms with Gasteiger partial charge in [0.15, 0.2) is 5.78 Å². The topological polar surface area (TPSA) is 51.2 Å². The number of hydroxylamine groups is 1. The van der Waals surface area contributed by atoms with Crippen LogP contribution in [0.15, 0.2) is 72.9 Å². The predicted molar refractivity (Wildman–Crippen MR) is 104 cm³/mol. The lowest BCUT2D eigenvalue weighted by molar-refractivity contribution is 0.103. The Balaban J connectivity index is 1.67. The molecule has 0 aliphatic heterocycles. The molecule has 26 heavy (non-hydrogen) atoms. The number of nitrogens with one attached hydrogen (secondary N) is 1. The Bertz CT molecular complexity index is 870. The average molecular weight is 344 g/mol. The molecule has 130 valence electrons. The molecule has 1 heterocycles. The fraction of sp³-hybridized carbons (Fsp3) is 0.0909. The van der Waals surface area contributed by atoms with E-state index in [0.717, 1.165) is 11.3 Å². The number of carbonyl (C=O) groups is 1. The van der Waals surface area contributed by atoms with Gasteiger partial charge in [0.05, 0.1) is 5.69 Å². The molecule has 1 aromatic heterocycles. The van der Waals surface area contributed by atoms with Gasteiger partial charge in [0, 0.05) is 23.9 Å². The maximum Gasteiger partial charge on any atom is 0.194 e. The highest BCUT2D eigenvalue weighted by atomic mass is 16.6. The van der Waals surface area contributed by atoms with E-state index < -0.39 is 0 Å². The lowest BCUT2D eigenvalue weighted by Crippen LogP contribution is -2.17. The van der Waals surface area contributed by atoms with E-state index in [2.05, 4.69) is 10.5 Å². The van der Waals surface area contributed by atoms with Crippen LogP contribution in [0, 0.1) is 0 Å². The number of hydrogen-bond donors (Lipinski definition) is 1. The van der Waals surface area contributed by atoms with Gasteiger partial charge in [0.1, 0.15) is 5.75 Å². The van der Waals surface area contributed by atoms with Crippen molar-refractivity contribution in [3.63, 3.8) is 0 Å². The van der Waals surface area contributed by atoms with E-state index in [0.29, 0.717) is 23.4 Å². The van der Waals surface area contributed by atoms with Crippen LogP contribution in [0.2, 0.25) is 0 Å². The molecule has 0 saturated carbocycles. The second-order valence-corrected chi connectivity index (χ2v) is 5.67. The van der Waals surface area contributed by atoms with E-state index in [1.807, 2.05) is 55.5 Å². The van der Waals surface area contributed by atoms with Crippen LogP contribution in [0.25, 0.3) is 12.2 Å². The van der Waals surface area contributed by atoms with Gasteiger partial charge >= 0.3 is 0 Å². The second-order valence-electron chi connectivity index (χ2n) is 5.67. The first-order chi connectivity index (χ1) is 12.8. The highest BCUT2D eigenvalue weighted by molar-refractivity contribution is 6.08. The van der Waals surface area contributed by atoms with Crippen molar-refractivity contribution in [2.24, 2.45) is 0 Å². The molecule has 0 saturated heterocycles. The molecule has 0 spiro atoms. The van der Waals surface area contributed by atoms with Gasteiger partial charge in [-0.25, -0.2) is 0 Å². The monoisotopic (exact) mass is 344 g/mol. The average Bonchev–Trinajstić information content (AvgIpc) is 2.72. The molecule has 0 fully saturated rings. The number of nitrogens with zero attached hydrogens (tertiary/aromatic N) is 1. The molecule has 2 aromatic carbocycles. The van der Waals surface area contributed by atoms with Gasteiger partial charge in [0.25, 0.3) is 0 Å². The summed E-state index contributed by atoms with van der Waals surface area (Å²) in [6.07, 6.45) is 5.53. The molecule has 0 aliphatic rings. The van der Waals surface area contributed by atoms with Crippen LogP contribution in [0.5, 0.6) is 5.75 Å². The number of rotatable bonds is 7. The van der Waals surface area contributed by atoms with Crippen LogP contribution in [0.3, 0.4) is 0 Å². The van der Waals surface area contributed by atoms with Crippen LogP contribution < -0.4 is 10.3 Å². The molecule has 1 N–H and O–H groups in total. The third kappa shape index (κ3) is 4.65. The van der Waals surface area contributed by atoms with Gasteiger partial charge in [-0.1, -0.05) is 36.4 Å². The molecule has 4 heteroatoms. The minimum Gasteiger partial charge on any atom is -0.409 e. The number of ketones is 1. The summed E-state index contributed by atoms with van der Waals surface area (Å²) in [4.78, 5) is 22.2. The molecular formula is C22H20N2O2. The van der Waals surface area contributed by atoms with E-state index >= 15 is 0 Å². The minimum atomic E-state index is -0.0638. The number of carbonyl (C=O) groups excluding carboxylic acids is 1. The Morgan fingerprint density at radius 3 is 2.35 bits per heavy atom. The van der Waals surface area contributed by atoms with Crippen LogP contribution >= 0.6 is 0 Å². The first kappa shape index (κ1) is 17.6. The lowest BCUT2D eigenvalue weighted by atomic mass is 10.0. The zero-order chi connectivity index (χ0) is 18.2. The highest BCUT2D eigenvalue weighted by Crippen LogP contribution is 2.15. The maximum atomic E-state index is 12.5. The van der Waals surface area contributed by atoms with E-state index in [4.69, 9.17) is 4.84 Å². The van der Waals surface area contributed by atoms with Crippen molar-refractivity contribution in [1.82, 2.24) is 10.5 Å². The Morgan fingerprint density at radius 2 is 1.69 bits per heavy atom. The summed E-state index contributed by atoms with van der Waals surface area (Å²) in [6, 6.07) is 20.7. The molecule has 0 atom stereocenters. The van der Waals surface area contributed by atoms with Crippen molar-refractivity contribution in [2.45, 2.75) is 6.92 Å². The number of benzene rings is 2. The summed E-state index contributed by atoms with van der Waals surface area (Å²) >= 11 is 0. The van der Waals surface area contributed by atoms with Crippen LogP contribution in [0.4, 0.5) is 0 Å². The summed E-state index contributed by atoms with van der Waals surface area (Å²) in [6.45, 7) is 2.65. The predicted octanol–water partition coefficient (Wildman–Crippen LogP) is 4.39. The number of pyridine rings is 1. The Labute approximate surface area is 153 Å². The van der Waals surface area contributed by atoms with Crippen molar-refractivity contribution in [2.75, 3.05) is 6.54 Å². The fourth-order valence-corrected chi connectivity index (χ4v) is 2.38. The quantitative estimate of drug-likeness (QED) is 0.510. The van der Waals surface area contributed by atoms with Crippen molar-refractivity contribution < 1.29 is 9.63 Å². The van der Waals surface area contributed by atoms with Crippen molar-refractivity contribution >= 4 is 17.9 Å². The van der Waals surface area contributed by atoms with Gasteiger partial charge in [-0.3, -0.25) is 9.78 Å². The summed E-state index contributed by atoms with van der Waals surface area (Å²) in [7, 11) is 0. The van der Waals surface area contributed by atoms with Crippen LogP contribution in [0.1, 0.15) is 34.1 Å². The standard InChI is InChI=1S/C22H20N2O2/c1-2-24-26-21-14-10-18(11-15-21)22(25)19-9-13-20(23-16-19)12-8-17-6-4-3-5-7-17/h3-16,24H,2H2,1H3/b12-8+. The van der Waals surface area contributed by atoms with E-state index in [-0.39, 0.29) is 5.78 Å². The summed E-state index contributed by atoms with van der Waals surface area (Å²) < 4.78 is 0. The number of hydrogen-bond acceptors (Lipinski definition) is 4. The molecular weight excluding hydrogens is 324 g/mol. The lowest BCUT2D eigenvalue weighted by Gasteiger charge is -2.06. The third-order valence-corrected chi connectivity index (χ3v) is 3.75. The Morgan fingerprint density at radius 1 is 0.962 bits per heavy atom. The molecule has 0 aliphatic carbocycles. The van der Waals surface area contributed by atoms with Crippen molar-refractivity contribution in [1.29, 1.82) is 0 Å². The summed E-state index contributed by atoms with van der Waals surface area (Å²) in [5, 5.41) is 0. The van der Waals surface area contributed by atoms with Crippen LogP contribution in [-0.4, -0.2) is 17.3 Å². The second kappa shape index (κ2) is 8.74.